The first-order valence-corrected chi connectivity index (χ1v) is 4.58. The van der Waals surface area contributed by atoms with Crippen molar-refractivity contribution < 1.29 is 0 Å². The molecule has 1 aromatic heterocycles. The Balaban J connectivity index is 2.47. The first-order chi connectivity index (χ1) is 6.81. The Hall–Kier alpha value is -1.61. The fourth-order valence-corrected chi connectivity index (χ4v) is 1.51. The lowest BCUT2D eigenvalue weighted by Gasteiger charge is -2.03. The average molecular weight is 187 g/mol. The molecule has 0 radical (unpaired) electrons. The Labute approximate surface area is 83.2 Å². The molecule has 2 N–H and O–H groups in total. The van der Waals surface area contributed by atoms with Crippen LogP contribution in [0.25, 0.3) is 11.3 Å². The first-order valence-electron chi connectivity index (χ1n) is 4.58. The normalized spacial score (nSPS) is 10.4. The Bertz CT molecular complexity index is 432. The zero-order chi connectivity index (χ0) is 9.97. The summed E-state index contributed by atoms with van der Waals surface area (Å²) in [5, 5.41) is 4.13. The summed E-state index contributed by atoms with van der Waals surface area (Å²) in [5.41, 5.74) is 9.00. The molecule has 1 aromatic carbocycles. The van der Waals surface area contributed by atoms with Gasteiger partial charge in [-0.3, -0.25) is 4.68 Å². The third-order valence-corrected chi connectivity index (χ3v) is 2.28. The molecule has 0 aliphatic heterocycles. The maximum Gasteiger partial charge on any atom is 0.0678 e. The summed E-state index contributed by atoms with van der Waals surface area (Å²) in [6, 6.07) is 10.2. The van der Waals surface area contributed by atoms with Gasteiger partial charge in [-0.2, -0.15) is 5.10 Å². The van der Waals surface area contributed by atoms with Crippen LogP contribution < -0.4 is 5.73 Å². The predicted molar refractivity (Wildman–Crippen MR) is 56.5 cm³/mol. The van der Waals surface area contributed by atoms with E-state index in [9.17, 15) is 0 Å². The highest BCUT2D eigenvalue weighted by atomic mass is 15.2. The monoisotopic (exact) mass is 187 g/mol. The summed E-state index contributed by atoms with van der Waals surface area (Å²) in [5.74, 6) is 0. The van der Waals surface area contributed by atoms with Gasteiger partial charge in [0, 0.05) is 25.4 Å². The standard InChI is InChI=1S/C11H13N3/c1-14-11(5-6-13-14)10-4-2-3-9(7-10)8-12/h2-7H,8,12H2,1H3. The van der Waals surface area contributed by atoms with E-state index in [1.807, 2.05) is 29.9 Å². The zero-order valence-corrected chi connectivity index (χ0v) is 8.14. The van der Waals surface area contributed by atoms with E-state index < -0.39 is 0 Å². The smallest absolute Gasteiger partial charge is 0.0678 e. The van der Waals surface area contributed by atoms with Gasteiger partial charge in [-0.1, -0.05) is 18.2 Å². The molecule has 0 amide bonds. The number of nitrogens with zero attached hydrogens (tertiary/aromatic N) is 2. The molecule has 2 aromatic rings. The zero-order valence-electron chi connectivity index (χ0n) is 8.14. The third kappa shape index (κ3) is 1.54. The van der Waals surface area contributed by atoms with Crippen LogP contribution in [0.1, 0.15) is 5.56 Å². The van der Waals surface area contributed by atoms with Crippen LogP contribution in [0.4, 0.5) is 0 Å². The van der Waals surface area contributed by atoms with Crippen molar-refractivity contribution in [3.05, 3.63) is 42.1 Å². The largest absolute Gasteiger partial charge is 0.326 e. The lowest BCUT2D eigenvalue weighted by molar-refractivity contribution is 0.775. The van der Waals surface area contributed by atoms with E-state index in [-0.39, 0.29) is 0 Å². The topological polar surface area (TPSA) is 43.8 Å². The second kappa shape index (κ2) is 3.64. The quantitative estimate of drug-likeness (QED) is 0.775. The molecule has 0 aliphatic rings. The Morgan fingerprint density at radius 2 is 2.21 bits per heavy atom. The number of hydrogen-bond acceptors (Lipinski definition) is 2. The Kier molecular flexibility index (Phi) is 2.33. The molecule has 2 rings (SSSR count). The number of aromatic nitrogens is 2. The van der Waals surface area contributed by atoms with Gasteiger partial charge in [0.05, 0.1) is 5.69 Å². The van der Waals surface area contributed by atoms with Crippen molar-refractivity contribution in [2.24, 2.45) is 12.8 Å². The highest BCUT2D eigenvalue weighted by Crippen LogP contribution is 2.18. The second-order valence-corrected chi connectivity index (χ2v) is 3.24. The first kappa shape index (κ1) is 8.97. The van der Waals surface area contributed by atoms with E-state index in [0.717, 1.165) is 16.8 Å². The van der Waals surface area contributed by atoms with Crippen LogP contribution >= 0.6 is 0 Å². The molecule has 0 saturated heterocycles. The molecule has 0 atom stereocenters. The maximum absolute atomic E-state index is 5.59. The van der Waals surface area contributed by atoms with Gasteiger partial charge in [-0.15, -0.1) is 0 Å². The fraction of sp³-hybridized carbons (Fsp3) is 0.182. The molecule has 72 valence electrons. The van der Waals surface area contributed by atoms with E-state index in [1.54, 1.807) is 6.20 Å². The van der Waals surface area contributed by atoms with Crippen molar-refractivity contribution in [2.45, 2.75) is 6.54 Å². The van der Waals surface area contributed by atoms with Gasteiger partial charge in [-0.25, -0.2) is 0 Å². The van der Waals surface area contributed by atoms with Gasteiger partial charge in [0.15, 0.2) is 0 Å². The van der Waals surface area contributed by atoms with Crippen LogP contribution in [0, 0.1) is 0 Å². The van der Waals surface area contributed by atoms with Gasteiger partial charge in [0.2, 0.25) is 0 Å². The summed E-state index contributed by atoms with van der Waals surface area (Å²) < 4.78 is 1.86. The number of aryl methyl sites for hydroxylation is 1. The summed E-state index contributed by atoms with van der Waals surface area (Å²) >= 11 is 0. The lowest BCUT2D eigenvalue weighted by Crippen LogP contribution is -1.97. The molecular formula is C11H13N3. The highest BCUT2D eigenvalue weighted by Gasteiger charge is 2.01. The molecule has 0 saturated carbocycles. The van der Waals surface area contributed by atoms with Crippen LogP contribution in [-0.4, -0.2) is 9.78 Å². The van der Waals surface area contributed by atoms with Crippen molar-refractivity contribution in [1.82, 2.24) is 9.78 Å². The van der Waals surface area contributed by atoms with Crippen LogP contribution in [0.3, 0.4) is 0 Å². The van der Waals surface area contributed by atoms with Crippen LogP contribution in [-0.2, 0) is 13.6 Å². The minimum absolute atomic E-state index is 0.575. The van der Waals surface area contributed by atoms with Crippen LogP contribution in [0.5, 0.6) is 0 Å². The molecule has 3 nitrogen and oxygen atoms in total. The van der Waals surface area contributed by atoms with Gasteiger partial charge in [-0.05, 0) is 17.7 Å². The minimum atomic E-state index is 0.575. The molecule has 0 bridgehead atoms. The third-order valence-electron chi connectivity index (χ3n) is 2.28. The van der Waals surface area contributed by atoms with Crippen molar-refractivity contribution >= 4 is 0 Å². The molecule has 0 aliphatic carbocycles. The van der Waals surface area contributed by atoms with Crippen molar-refractivity contribution in [2.75, 3.05) is 0 Å². The summed E-state index contributed by atoms with van der Waals surface area (Å²) in [6.07, 6.45) is 1.80. The number of rotatable bonds is 2. The molecule has 1 heterocycles. The van der Waals surface area contributed by atoms with Gasteiger partial charge < -0.3 is 5.73 Å². The van der Waals surface area contributed by atoms with E-state index in [4.69, 9.17) is 5.73 Å². The number of hydrogen-bond donors (Lipinski definition) is 1. The van der Waals surface area contributed by atoms with Crippen LogP contribution in [0.15, 0.2) is 36.5 Å². The molecule has 0 unspecified atom stereocenters. The van der Waals surface area contributed by atoms with Gasteiger partial charge in [0.1, 0.15) is 0 Å². The lowest BCUT2D eigenvalue weighted by atomic mass is 10.1. The average Bonchev–Trinajstić information content (AvgIpc) is 2.65. The number of nitrogens with two attached hydrogens (primary N) is 1. The second-order valence-electron chi connectivity index (χ2n) is 3.24. The van der Waals surface area contributed by atoms with Crippen molar-refractivity contribution in [1.29, 1.82) is 0 Å². The Morgan fingerprint density at radius 1 is 1.36 bits per heavy atom. The predicted octanol–water partition coefficient (Wildman–Crippen LogP) is 1.55. The molecule has 14 heavy (non-hydrogen) atoms. The van der Waals surface area contributed by atoms with Crippen LogP contribution in [0.2, 0.25) is 0 Å². The maximum atomic E-state index is 5.59. The fourth-order valence-electron chi connectivity index (χ4n) is 1.51. The SMILES string of the molecule is Cn1nccc1-c1cccc(CN)c1. The summed E-state index contributed by atoms with van der Waals surface area (Å²) in [7, 11) is 1.93. The van der Waals surface area contributed by atoms with Crippen molar-refractivity contribution in [3.63, 3.8) is 0 Å². The van der Waals surface area contributed by atoms with Crippen molar-refractivity contribution in [3.8, 4) is 11.3 Å². The van der Waals surface area contributed by atoms with E-state index in [0.29, 0.717) is 6.54 Å². The van der Waals surface area contributed by atoms with E-state index in [1.165, 1.54) is 0 Å². The summed E-state index contributed by atoms with van der Waals surface area (Å²) in [4.78, 5) is 0. The summed E-state index contributed by atoms with van der Waals surface area (Å²) in [6.45, 7) is 0.575. The molecule has 0 fully saturated rings. The number of benzene rings is 1. The molecule has 3 heteroatoms. The van der Waals surface area contributed by atoms with E-state index >= 15 is 0 Å². The minimum Gasteiger partial charge on any atom is -0.326 e. The van der Waals surface area contributed by atoms with Gasteiger partial charge in [0.25, 0.3) is 0 Å². The Morgan fingerprint density at radius 3 is 2.86 bits per heavy atom. The highest BCUT2D eigenvalue weighted by molar-refractivity contribution is 5.60. The van der Waals surface area contributed by atoms with E-state index in [2.05, 4.69) is 17.2 Å². The molecular weight excluding hydrogens is 174 g/mol. The van der Waals surface area contributed by atoms with Gasteiger partial charge >= 0.3 is 0 Å². The molecule has 0 spiro atoms.